The van der Waals surface area contributed by atoms with E-state index in [4.69, 9.17) is 4.74 Å². The van der Waals surface area contributed by atoms with Gasteiger partial charge in [0, 0.05) is 29.0 Å². The number of aromatic nitrogens is 2. The lowest BCUT2D eigenvalue weighted by molar-refractivity contribution is -0.113. The van der Waals surface area contributed by atoms with E-state index in [9.17, 15) is 13.2 Å². The third kappa shape index (κ3) is 4.67. The van der Waals surface area contributed by atoms with Gasteiger partial charge in [-0.2, -0.15) is 4.31 Å². The minimum Gasteiger partial charge on any atom is -0.379 e. The zero-order chi connectivity index (χ0) is 22.9. The summed E-state index contributed by atoms with van der Waals surface area (Å²) in [6.07, 6.45) is 1.52. The monoisotopic (exact) mass is 492 g/mol. The zero-order valence-electron chi connectivity index (χ0n) is 18.0. The molecule has 170 valence electrons. The average molecular weight is 493 g/mol. The van der Waals surface area contributed by atoms with Crippen LogP contribution in [0.2, 0.25) is 0 Å². The molecule has 0 unspecified atom stereocenters. The lowest BCUT2D eigenvalue weighted by Gasteiger charge is -2.26. The van der Waals surface area contributed by atoms with Crippen molar-refractivity contribution >= 4 is 54.9 Å². The van der Waals surface area contributed by atoms with E-state index in [-0.39, 0.29) is 16.6 Å². The molecule has 2 aromatic heterocycles. The van der Waals surface area contributed by atoms with Crippen molar-refractivity contribution < 1.29 is 17.9 Å². The number of thioether (sulfide) groups is 1. The molecule has 32 heavy (non-hydrogen) atoms. The van der Waals surface area contributed by atoms with Crippen molar-refractivity contribution in [2.75, 3.05) is 37.4 Å². The maximum Gasteiger partial charge on any atom is 0.243 e. The molecular weight excluding hydrogens is 468 g/mol. The molecule has 0 saturated carbocycles. The number of morpholine rings is 1. The Bertz CT molecular complexity index is 1270. The summed E-state index contributed by atoms with van der Waals surface area (Å²) >= 11 is 2.96. The van der Waals surface area contributed by atoms with Gasteiger partial charge in [0.05, 0.1) is 23.9 Å². The molecular formula is C21H24N4O4S3. The van der Waals surface area contributed by atoms with Gasteiger partial charge in [-0.1, -0.05) is 17.8 Å². The molecule has 4 rings (SSSR count). The molecule has 1 fully saturated rings. The van der Waals surface area contributed by atoms with Gasteiger partial charge in [0.25, 0.3) is 0 Å². The van der Waals surface area contributed by atoms with Gasteiger partial charge in [-0.3, -0.25) is 4.79 Å². The van der Waals surface area contributed by atoms with Crippen LogP contribution in [-0.4, -0.2) is 60.7 Å². The number of aryl methyl sites for hydroxylation is 3. The molecule has 3 heterocycles. The van der Waals surface area contributed by atoms with Crippen LogP contribution in [0, 0.1) is 20.8 Å². The minimum atomic E-state index is -3.64. The van der Waals surface area contributed by atoms with Gasteiger partial charge in [0.15, 0.2) is 0 Å². The fourth-order valence-electron chi connectivity index (χ4n) is 3.41. The molecule has 0 aliphatic carbocycles. The summed E-state index contributed by atoms with van der Waals surface area (Å²) in [6, 6.07) is 4.81. The van der Waals surface area contributed by atoms with Crippen LogP contribution in [0.1, 0.15) is 16.0 Å². The Kier molecular flexibility index (Phi) is 6.82. The van der Waals surface area contributed by atoms with Crippen molar-refractivity contribution in [2.45, 2.75) is 30.7 Å². The first-order valence-corrected chi connectivity index (χ1v) is 13.3. The van der Waals surface area contributed by atoms with Gasteiger partial charge in [-0.15, -0.1) is 11.3 Å². The van der Waals surface area contributed by atoms with Crippen molar-refractivity contribution in [3.05, 3.63) is 40.5 Å². The maximum atomic E-state index is 12.9. The summed E-state index contributed by atoms with van der Waals surface area (Å²) < 4.78 is 32.6. The van der Waals surface area contributed by atoms with Gasteiger partial charge in [-0.05, 0) is 44.0 Å². The number of rotatable bonds is 6. The van der Waals surface area contributed by atoms with Crippen molar-refractivity contribution in [1.29, 1.82) is 0 Å². The number of hydrogen-bond donors (Lipinski definition) is 1. The fraction of sp³-hybridized carbons (Fsp3) is 0.381. The summed E-state index contributed by atoms with van der Waals surface area (Å²) in [5, 5.41) is 4.61. The highest BCUT2D eigenvalue weighted by Crippen LogP contribution is 2.34. The number of nitrogens with zero attached hydrogens (tertiary/aromatic N) is 3. The number of ether oxygens (including phenoxy) is 1. The van der Waals surface area contributed by atoms with Crippen LogP contribution < -0.4 is 5.32 Å². The molecule has 8 nitrogen and oxygen atoms in total. The minimum absolute atomic E-state index is 0.153. The Morgan fingerprint density at radius 1 is 1.22 bits per heavy atom. The topological polar surface area (TPSA) is 101 Å². The lowest BCUT2D eigenvalue weighted by atomic mass is 10.2. The SMILES string of the molecule is Cc1ccc(S(=O)(=O)N2CCOCC2)cc1NC(=O)CSc1ncnc2sc(C)c(C)c12. The number of anilines is 1. The molecule has 1 aliphatic rings. The molecule has 1 aliphatic heterocycles. The van der Waals surface area contributed by atoms with E-state index in [0.29, 0.717) is 32.0 Å². The van der Waals surface area contributed by atoms with Crippen molar-refractivity contribution in [3.8, 4) is 0 Å². The number of benzene rings is 1. The van der Waals surface area contributed by atoms with Crippen molar-refractivity contribution in [1.82, 2.24) is 14.3 Å². The van der Waals surface area contributed by atoms with Crippen LogP contribution in [0.25, 0.3) is 10.2 Å². The second-order valence-corrected chi connectivity index (χ2v) is 11.6. The number of thiophene rings is 1. The van der Waals surface area contributed by atoms with Crippen LogP contribution in [0.15, 0.2) is 34.4 Å². The van der Waals surface area contributed by atoms with E-state index in [2.05, 4.69) is 15.3 Å². The first-order chi connectivity index (χ1) is 15.3. The van der Waals surface area contributed by atoms with E-state index in [1.54, 1.807) is 23.5 Å². The fourth-order valence-corrected chi connectivity index (χ4v) is 6.76. The van der Waals surface area contributed by atoms with E-state index >= 15 is 0 Å². The third-order valence-electron chi connectivity index (χ3n) is 5.36. The van der Waals surface area contributed by atoms with Gasteiger partial charge in [-0.25, -0.2) is 18.4 Å². The van der Waals surface area contributed by atoms with Gasteiger partial charge >= 0.3 is 0 Å². The zero-order valence-corrected chi connectivity index (χ0v) is 20.5. The molecule has 1 N–H and O–H groups in total. The van der Waals surface area contributed by atoms with Crippen molar-refractivity contribution in [3.63, 3.8) is 0 Å². The van der Waals surface area contributed by atoms with Crippen LogP contribution in [0.4, 0.5) is 5.69 Å². The van der Waals surface area contributed by atoms with E-state index in [0.717, 1.165) is 26.4 Å². The number of sulfonamides is 1. The van der Waals surface area contributed by atoms with Crippen LogP contribution in [0.3, 0.4) is 0 Å². The van der Waals surface area contributed by atoms with E-state index < -0.39 is 10.0 Å². The smallest absolute Gasteiger partial charge is 0.243 e. The van der Waals surface area contributed by atoms with Crippen molar-refractivity contribution in [2.24, 2.45) is 0 Å². The number of amides is 1. The number of nitrogens with one attached hydrogen (secondary N) is 1. The molecule has 0 atom stereocenters. The summed E-state index contributed by atoms with van der Waals surface area (Å²) in [5.41, 5.74) is 2.41. The first kappa shape index (κ1) is 23.1. The summed E-state index contributed by atoms with van der Waals surface area (Å²) in [4.78, 5) is 23.6. The molecule has 0 radical (unpaired) electrons. The Hall–Kier alpha value is -2.05. The Morgan fingerprint density at radius 3 is 2.72 bits per heavy atom. The summed E-state index contributed by atoms with van der Waals surface area (Å²) in [6.45, 7) is 7.32. The van der Waals surface area contributed by atoms with E-state index in [1.807, 2.05) is 20.8 Å². The highest BCUT2D eigenvalue weighted by molar-refractivity contribution is 8.00. The summed E-state index contributed by atoms with van der Waals surface area (Å²) in [5.74, 6) is -0.0734. The molecule has 1 amide bonds. The largest absolute Gasteiger partial charge is 0.379 e. The summed E-state index contributed by atoms with van der Waals surface area (Å²) in [7, 11) is -3.64. The number of carbonyl (C=O) groups excluding carboxylic acids is 1. The first-order valence-electron chi connectivity index (χ1n) is 10.1. The highest BCUT2D eigenvalue weighted by Gasteiger charge is 2.27. The average Bonchev–Trinajstić information content (AvgIpc) is 3.08. The number of hydrogen-bond acceptors (Lipinski definition) is 8. The lowest BCUT2D eigenvalue weighted by Crippen LogP contribution is -2.40. The van der Waals surface area contributed by atoms with Gasteiger partial charge in [0.1, 0.15) is 16.2 Å². The predicted molar refractivity (Wildman–Crippen MR) is 127 cm³/mol. The highest BCUT2D eigenvalue weighted by atomic mass is 32.2. The van der Waals surface area contributed by atoms with Gasteiger partial charge in [0.2, 0.25) is 15.9 Å². The maximum absolute atomic E-state index is 12.9. The Labute approximate surface area is 195 Å². The van der Waals surface area contributed by atoms with Crippen LogP contribution >= 0.6 is 23.1 Å². The predicted octanol–water partition coefficient (Wildman–Crippen LogP) is 3.37. The van der Waals surface area contributed by atoms with Gasteiger partial charge < -0.3 is 10.1 Å². The van der Waals surface area contributed by atoms with E-state index in [1.165, 1.54) is 33.3 Å². The second-order valence-electron chi connectivity index (χ2n) is 7.47. The molecule has 1 saturated heterocycles. The molecule has 0 bridgehead atoms. The standard InChI is InChI=1S/C21H24N4O4S3/c1-13-4-5-16(32(27,28)25-6-8-29-9-7-25)10-17(13)24-18(26)11-30-20-19-14(2)15(3)31-21(19)23-12-22-20/h4-5,10,12H,6-9,11H2,1-3H3,(H,24,26). The normalized spacial score (nSPS) is 15.2. The number of carbonyl (C=O) groups is 1. The van der Waals surface area contributed by atoms with Crippen LogP contribution in [-0.2, 0) is 19.6 Å². The second kappa shape index (κ2) is 9.44. The molecule has 0 spiro atoms. The molecule has 3 aromatic rings. The molecule has 1 aromatic carbocycles. The number of fused-ring (bicyclic) bond motifs is 1. The molecule has 11 heteroatoms. The third-order valence-corrected chi connectivity index (χ3v) is 9.36. The Morgan fingerprint density at radius 2 is 1.97 bits per heavy atom. The quantitative estimate of drug-likeness (QED) is 0.416. The Balaban J connectivity index is 1.49. The van der Waals surface area contributed by atoms with Crippen LogP contribution in [0.5, 0.6) is 0 Å².